The van der Waals surface area contributed by atoms with Gasteiger partial charge < -0.3 is 4.90 Å². The molecule has 0 rings (SSSR count). The zero-order valence-electron chi connectivity index (χ0n) is 13.2. The van der Waals surface area contributed by atoms with Gasteiger partial charge in [0.15, 0.2) is 0 Å². The predicted octanol–water partition coefficient (Wildman–Crippen LogP) is 4.34. The van der Waals surface area contributed by atoms with Crippen molar-refractivity contribution in [3.63, 3.8) is 0 Å². The molecule has 0 bridgehead atoms. The molecule has 0 aliphatic carbocycles. The largest absolute Gasteiger partial charge is 0.340 e. The Labute approximate surface area is 109 Å². The van der Waals surface area contributed by atoms with Gasteiger partial charge in [0.1, 0.15) is 0 Å². The van der Waals surface area contributed by atoms with Crippen molar-refractivity contribution in [1.29, 1.82) is 0 Å². The summed E-state index contributed by atoms with van der Waals surface area (Å²) >= 11 is 0. The molecule has 0 radical (unpaired) electrons. The number of carbonyl (C=O) groups is 1. The average Bonchev–Trinajstić information content (AvgIpc) is 2.39. The molecule has 0 aromatic heterocycles. The van der Waals surface area contributed by atoms with E-state index in [1.54, 1.807) is 0 Å². The van der Waals surface area contributed by atoms with E-state index in [1.807, 2.05) is 18.7 Å². The smallest absolute Gasteiger partial charge is 0.225 e. The molecule has 104 valence electrons. The molecule has 0 spiro atoms. The fourth-order valence-corrected chi connectivity index (χ4v) is 1.76. The first-order chi connectivity index (χ1) is 7.99. The van der Waals surface area contributed by atoms with E-state index < -0.39 is 0 Å². The molecule has 2 heteroatoms. The molecule has 0 fully saturated rings. The first-order valence-electron chi connectivity index (χ1n) is 7.29. The van der Waals surface area contributed by atoms with Crippen LogP contribution in [0.15, 0.2) is 0 Å². The van der Waals surface area contributed by atoms with E-state index in [1.165, 1.54) is 0 Å². The van der Waals surface area contributed by atoms with Gasteiger partial charge in [0.2, 0.25) is 5.91 Å². The molecule has 3 unspecified atom stereocenters. The molecule has 1 amide bonds. The standard InChI is InChI=1S/C13H27NO.C2H6/c1-7-10(4)12(6)13(15)14(9-3)11(5)8-2;1-2/h10-12H,7-9H2,1-6H3;1-2H3. The Morgan fingerprint density at radius 2 is 1.47 bits per heavy atom. The van der Waals surface area contributed by atoms with Crippen molar-refractivity contribution in [1.82, 2.24) is 4.90 Å². The molecule has 0 aromatic carbocycles. The summed E-state index contributed by atoms with van der Waals surface area (Å²) in [6.07, 6.45) is 2.11. The number of hydrogen-bond donors (Lipinski definition) is 0. The molecular weight excluding hydrogens is 210 g/mol. The Kier molecular flexibility index (Phi) is 11.8. The molecule has 2 nitrogen and oxygen atoms in total. The normalized spacial score (nSPS) is 15.3. The van der Waals surface area contributed by atoms with Crippen molar-refractivity contribution in [2.45, 2.75) is 74.3 Å². The Morgan fingerprint density at radius 3 is 1.76 bits per heavy atom. The minimum absolute atomic E-state index is 0.156. The summed E-state index contributed by atoms with van der Waals surface area (Å²) < 4.78 is 0. The van der Waals surface area contributed by atoms with Crippen LogP contribution in [0.3, 0.4) is 0 Å². The highest BCUT2D eigenvalue weighted by Crippen LogP contribution is 2.19. The third-order valence-corrected chi connectivity index (χ3v) is 3.63. The van der Waals surface area contributed by atoms with E-state index in [0.29, 0.717) is 17.9 Å². The van der Waals surface area contributed by atoms with Crippen LogP contribution in [0.4, 0.5) is 0 Å². The molecule has 0 heterocycles. The SMILES string of the molecule is CC.CCC(C)C(C)C(=O)N(CC)C(C)CC. The highest BCUT2D eigenvalue weighted by atomic mass is 16.2. The zero-order valence-corrected chi connectivity index (χ0v) is 13.2. The Morgan fingerprint density at radius 1 is 1.00 bits per heavy atom. The second-order valence-corrected chi connectivity index (χ2v) is 4.56. The van der Waals surface area contributed by atoms with Crippen molar-refractivity contribution in [2.24, 2.45) is 11.8 Å². The molecular formula is C15H33NO. The van der Waals surface area contributed by atoms with Crippen molar-refractivity contribution in [3.8, 4) is 0 Å². The second-order valence-electron chi connectivity index (χ2n) is 4.56. The van der Waals surface area contributed by atoms with Crippen molar-refractivity contribution < 1.29 is 4.79 Å². The molecule has 0 saturated carbocycles. The maximum Gasteiger partial charge on any atom is 0.225 e. The molecule has 0 aliphatic rings. The quantitative estimate of drug-likeness (QED) is 0.679. The van der Waals surface area contributed by atoms with E-state index >= 15 is 0 Å². The van der Waals surface area contributed by atoms with E-state index in [2.05, 4.69) is 41.5 Å². The van der Waals surface area contributed by atoms with Crippen LogP contribution in [-0.2, 0) is 4.79 Å². The summed E-state index contributed by atoms with van der Waals surface area (Å²) in [5.74, 6) is 0.959. The van der Waals surface area contributed by atoms with Gasteiger partial charge in [-0.2, -0.15) is 0 Å². The van der Waals surface area contributed by atoms with Crippen LogP contribution in [0.2, 0.25) is 0 Å². The van der Waals surface area contributed by atoms with Gasteiger partial charge >= 0.3 is 0 Å². The van der Waals surface area contributed by atoms with Gasteiger partial charge in [0.05, 0.1) is 0 Å². The van der Waals surface area contributed by atoms with Crippen LogP contribution < -0.4 is 0 Å². The molecule has 17 heavy (non-hydrogen) atoms. The Hall–Kier alpha value is -0.530. The highest BCUT2D eigenvalue weighted by Gasteiger charge is 2.25. The van der Waals surface area contributed by atoms with Crippen LogP contribution in [0, 0.1) is 11.8 Å². The number of hydrogen-bond acceptors (Lipinski definition) is 1. The van der Waals surface area contributed by atoms with E-state index in [4.69, 9.17) is 0 Å². The molecule has 0 saturated heterocycles. The summed E-state index contributed by atoms with van der Waals surface area (Å²) in [5, 5.41) is 0. The first-order valence-corrected chi connectivity index (χ1v) is 7.29. The molecule has 0 aliphatic heterocycles. The zero-order chi connectivity index (χ0) is 14.0. The summed E-state index contributed by atoms with van der Waals surface area (Å²) in [5.41, 5.74) is 0. The summed E-state index contributed by atoms with van der Waals surface area (Å²) in [6, 6.07) is 0.369. The van der Waals surface area contributed by atoms with Crippen LogP contribution in [-0.4, -0.2) is 23.4 Å². The first kappa shape index (κ1) is 18.8. The maximum atomic E-state index is 12.2. The van der Waals surface area contributed by atoms with E-state index in [9.17, 15) is 4.79 Å². The molecule has 3 atom stereocenters. The summed E-state index contributed by atoms with van der Waals surface area (Å²) in [7, 11) is 0. The molecule has 0 aromatic rings. The van der Waals surface area contributed by atoms with Gasteiger partial charge in [-0.05, 0) is 26.2 Å². The van der Waals surface area contributed by atoms with Gasteiger partial charge in [-0.1, -0.05) is 48.0 Å². The van der Waals surface area contributed by atoms with Crippen molar-refractivity contribution in [2.75, 3.05) is 6.54 Å². The number of amides is 1. The van der Waals surface area contributed by atoms with Gasteiger partial charge in [-0.15, -0.1) is 0 Å². The van der Waals surface area contributed by atoms with Crippen molar-refractivity contribution >= 4 is 5.91 Å². The van der Waals surface area contributed by atoms with Crippen LogP contribution in [0.5, 0.6) is 0 Å². The number of nitrogens with zero attached hydrogens (tertiary/aromatic N) is 1. The second kappa shape index (κ2) is 10.6. The van der Waals surface area contributed by atoms with Crippen molar-refractivity contribution in [3.05, 3.63) is 0 Å². The third kappa shape index (κ3) is 6.09. The van der Waals surface area contributed by atoms with Gasteiger partial charge in [0.25, 0.3) is 0 Å². The number of carbonyl (C=O) groups excluding carboxylic acids is 1. The van der Waals surface area contributed by atoms with Gasteiger partial charge in [0, 0.05) is 18.5 Å². The lowest BCUT2D eigenvalue weighted by atomic mass is 9.92. The summed E-state index contributed by atoms with van der Waals surface area (Å²) in [4.78, 5) is 14.2. The predicted molar refractivity (Wildman–Crippen MR) is 77.1 cm³/mol. The minimum atomic E-state index is 0.156. The monoisotopic (exact) mass is 243 g/mol. The van der Waals surface area contributed by atoms with Gasteiger partial charge in [-0.25, -0.2) is 0 Å². The topological polar surface area (TPSA) is 20.3 Å². The average molecular weight is 243 g/mol. The van der Waals surface area contributed by atoms with E-state index in [-0.39, 0.29) is 5.92 Å². The Balaban J connectivity index is 0. The fraction of sp³-hybridized carbons (Fsp3) is 0.933. The summed E-state index contributed by atoms with van der Waals surface area (Å²) in [6.45, 7) is 17.5. The van der Waals surface area contributed by atoms with Crippen LogP contribution >= 0.6 is 0 Å². The maximum absolute atomic E-state index is 12.2. The van der Waals surface area contributed by atoms with E-state index in [0.717, 1.165) is 19.4 Å². The van der Waals surface area contributed by atoms with Crippen LogP contribution in [0.1, 0.15) is 68.2 Å². The highest BCUT2D eigenvalue weighted by molar-refractivity contribution is 5.79. The lowest BCUT2D eigenvalue weighted by Gasteiger charge is -2.31. The number of rotatable bonds is 6. The van der Waals surface area contributed by atoms with Crippen LogP contribution in [0.25, 0.3) is 0 Å². The third-order valence-electron chi connectivity index (χ3n) is 3.63. The van der Waals surface area contributed by atoms with Gasteiger partial charge in [-0.3, -0.25) is 4.79 Å². The molecule has 0 N–H and O–H groups in total. The fourth-order valence-electron chi connectivity index (χ4n) is 1.76. The lowest BCUT2D eigenvalue weighted by molar-refractivity contribution is -0.138. The minimum Gasteiger partial charge on any atom is -0.340 e. The lowest BCUT2D eigenvalue weighted by Crippen LogP contribution is -2.42. The Bertz CT molecular complexity index is 191.